The zero-order chi connectivity index (χ0) is 15.9. The topological polar surface area (TPSA) is 75.6 Å². The van der Waals surface area contributed by atoms with Crippen LogP contribution in [0, 0.1) is 0 Å². The highest BCUT2D eigenvalue weighted by molar-refractivity contribution is 7.13. The molecule has 2 rings (SSSR count). The predicted molar refractivity (Wildman–Crippen MR) is 84.4 cm³/mol. The highest BCUT2D eigenvalue weighted by atomic mass is 32.1. The normalized spacial score (nSPS) is 10.2. The van der Waals surface area contributed by atoms with Crippen LogP contribution in [-0.4, -0.2) is 23.6 Å². The number of rotatable bonds is 7. The Labute approximate surface area is 132 Å². The summed E-state index contributed by atoms with van der Waals surface area (Å²) in [5.74, 6) is -0.266. The van der Waals surface area contributed by atoms with E-state index < -0.39 is 5.97 Å². The summed E-state index contributed by atoms with van der Waals surface area (Å²) in [7, 11) is 0. The fourth-order valence-corrected chi connectivity index (χ4v) is 2.68. The van der Waals surface area contributed by atoms with E-state index in [9.17, 15) is 9.59 Å². The quantitative estimate of drug-likeness (QED) is 0.823. The van der Waals surface area contributed by atoms with Crippen LogP contribution in [0.15, 0.2) is 36.4 Å². The molecule has 2 aromatic rings. The minimum absolute atomic E-state index is 0.102. The molecule has 0 atom stereocenters. The third kappa shape index (κ3) is 4.60. The molecule has 22 heavy (non-hydrogen) atoms. The van der Waals surface area contributed by atoms with Crippen molar-refractivity contribution in [1.29, 1.82) is 0 Å². The number of benzene rings is 1. The van der Waals surface area contributed by atoms with Crippen molar-refractivity contribution in [2.24, 2.45) is 0 Å². The van der Waals surface area contributed by atoms with Gasteiger partial charge in [-0.3, -0.25) is 4.79 Å². The maximum Gasteiger partial charge on any atom is 0.345 e. The lowest BCUT2D eigenvalue weighted by Gasteiger charge is -2.06. The lowest BCUT2D eigenvalue weighted by Crippen LogP contribution is -2.24. The van der Waals surface area contributed by atoms with Crippen LogP contribution >= 0.6 is 11.3 Å². The van der Waals surface area contributed by atoms with Crippen molar-refractivity contribution in [3.05, 3.63) is 51.7 Å². The zero-order valence-corrected chi connectivity index (χ0v) is 13.0. The average Bonchev–Trinajstić information content (AvgIpc) is 2.97. The third-order valence-corrected chi connectivity index (χ3v) is 4.00. The summed E-state index contributed by atoms with van der Waals surface area (Å²) in [4.78, 5) is 23.8. The Balaban J connectivity index is 1.83. The molecule has 0 aliphatic carbocycles. The maximum absolute atomic E-state index is 11.9. The van der Waals surface area contributed by atoms with E-state index in [1.54, 1.807) is 12.1 Å². The molecule has 0 fully saturated rings. The number of carboxylic acids is 1. The van der Waals surface area contributed by atoms with Crippen molar-refractivity contribution in [3.8, 4) is 5.75 Å². The number of carbonyl (C=O) groups excluding carboxylic acids is 1. The van der Waals surface area contributed by atoms with Gasteiger partial charge in [-0.25, -0.2) is 4.79 Å². The van der Waals surface area contributed by atoms with E-state index in [1.807, 2.05) is 31.2 Å². The van der Waals surface area contributed by atoms with Crippen molar-refractivity contribution in [2.45, 2.75) is 19.9 Å². The molecular weight excluding hydrogens is 302 g/mol. The molecule has 0 radical (unpaired) electrons. The SMILES string of the molecule is CCOc1ccc(CC(=O)NCc2ccc(C(=O)O)s2)cc1. The number of ether oxygens (including phenoxy) is 1. The summed E-state index contributed by atoms with van der Waals surface area (Å²) in [6.07, 6.45) is 0.281. The van der Waals surface area contributed by atoms with E-state index in [0.717, 1.165) is 16.2 Å². The molecule has 0 saturated heterocycles. The minimum Gasteiger partial charge on any atom is -0.494 e. The first-order valence-electron chi connectivity index (χ1n) is 6.89. The van der Waals surface area contributed by atoms with E-state index in [-0.39, 0.29) is 17.2 Å². The van der Waals surface area contributed by atoms with Crippen LogP contribution in [0.25, 0.3) is 0 Å². The summed E-state index contributed by atoms with van der Waals surface area (Å²) < 4.78 is 5.35. The third-order valence-electron chi connectivity index (χ3n) is 2.93. The summed E-state index contributed by atoms with van der Waals surface area (Å²) in [5.41, 5.74) is 0.901. The van der Waals surface area contributed by atoms with Gasteiger partial charge in [-0.2, -0.15) is 0 Å². The molecule has 5 nitrogen and oxygen atoms in total. The number of amides is 1. The summed E-state index contributed by atoms with van der Waals surface area (Å²) in [5, 5.41) is 11.6. The van der Waals surface area contributed by atoms with Gasteiger partial charge in [-0.15, -0.1) is 11.3 Å². The van der Waals surface area contributed by atoms with Crippen molar-refractivity contribution in [3.63, 3.8) is 0 Å². The van der Waals surface area contributed by atoms with Crippen LogP contribution in [-0.2, 0) is 17.8 Å². The fraction of sp³-hybridized carbons (Fsp3) is 0.250. The van der Waals surface area contributed by atoms with Crippen molar-refractivity contribution in [1.82, 2.24) is 5.32 Å². The van der Waals surface area contributed by atoms with Gasteiger partial charge < -0.3 is 15.2 Å². The number of carbonyl (C=O) groups is 2. The molecule has 1 amide bonds. The second-order valence-corrected chi connectivity index (χ2v) is 5.77. The van der Waals surface area contributed by atoms with Crippen molar-refractivity contribution < 1.29 is 19.4 Å². The Morgan fingerprint density at radius 1 is 1.18 bits per heavy atom. The zero-order valence-electron chi connectivity index (χ0n) is 12.2. The van der Waals surface area contributed by atoms with E-state index in [1.165, 1.54) is 11.3 Å². The monoisotopic (exact) mass is 319 g/mol. The number of thiophene rings is 1. The molecule has 1 heterocycles. The van der Waals surface area contributed by atoms with Crippen LogP contribution < -0.4 is 10.1 Å². The van der Waals surface area contributed by atoms with Gasteiger partial charge in [0.05, 0.1) is 19.6 Å². The van der Waals surface area contributed by atoms with Crippen LogP contribution in [0.3, 0.4) is 0 Å². The summed E-state index contributed by atoms with van der Waals surface area (Å²) in [6, 6.07) is 10.7. The number of carboxylic acid groups (broad SMARTS) is 1. The molecule has 0 aliphatic rings. The fourth-order valence-electron chi connectivity index (χ4n) is 1.89. The van der Waals surface area contributed by atoms with Crippen LogP contribution in [0.1, 0.15) is 27.0 Å². The first-order chi connectivity index (χ1) is 10.6. The van der Waals surface area contributed by atoms with Gasteiger partial charge in [0.1, 0.15) is 10.6 Å². The molecular formula is C16H17NO4S. The number of nitrogens with one attached hydrogen (secondary N) is 1. The molecule has 116 valence electrons. The van der Waals surface area contributed by atoms with Gasteiger partial charge in [0.2, 0.25) is 5.91 Å². The van der Waals surface area contributed by atoms with Crippen LogP contribution in [0.5, 0.6) is 5.75 Å². The predicted octanol–water partition coefficient (Wildman–Crippen LogP) is 2.70. The average molecular weight is 319 g/mol. The van der Waals surface area contributed by atoms with E-state index in [0.29, 0.717) is 13.2 Å². The van der Waals surface area contributed by atoms with Gasteiger partial charge in [0.25, 0.3) is 0 Å². The molecule has 1 aromatic heterocycles. The van der Waals surface area contributed by atoms with Gasteiger partial charge in [0.15, 0.2) is 0 Å². The van der Waals surface area contributed by atoms with E-state index in [4.69, 9.17) is 9.84 Å². The van der Waals surface area contributed by atoms with Crippen molar-refractivity contribution in [2.75, 3.05) is 6.61 Å². The molecule has 0 spiro atoms. The Morgan fingerprint density at radius 3 is 2.50 bits per heavy atom. The molecule has 0 saturated carbocycles. The second kappa shape index (κ2) is 7.61. The Bertz CT molecular complexity index is 648. The smallest absolute Gasteiger partial charge is 0.345 e. The van der Waals surface area contributed by atoms with Crippen LogP contribution in [0.2, 0.25) is 0 Å². The second-order valence-electron chi connectivity index (χ2n) is 4.60. The maximum atomic E-state index is 11.9. The number of hydrogen-bond acceptors (Lipinski definition) is 4. The van der Waals surface area contributed by atoms with Gasteiger partial charge >= 0.3 is 5.97 Å². The molecule has 6 heteroatoms. The first kappa shape index (κ1) is 16.0. The highest BCUT2D eigenvalue weighted by Crippen LogP contribution is 2.16. The standard InChI is InChI=1S/C16H17NO4S/c1-2-21-12-5-3-11(4-6-12)9-15(18)17-10-13-7-8-14(22-13)16(19)20/h3-8H,2,9-10H2,1H3,(H,17,18)(H,19,20). The van der Waals surface area contributed by atoms with Crippen LogP contribution in [0.4, 0.5) is 0 Å². The summed E-state index contributed by atoms with van der Waals surface area (Å²) >= 11 is 1.17. The molecule has 0 aliphatic heterocycles. The minimum atomic E-state index is -0.947. The first-order valence-corrected chi connectivity index (χ1v) is 7.70. The Hall–Kier alpha value is -2.34. The van der Waals surface area contributed by atoms with Gasteiger partial charge in [-0.1, -0.05) is 12.1 Å². The molecule has 0 bridgehead atoms. The van der Waals surface area contributed by atoms with Gasteiger partial charge in [-0.05, 0) is 36.8 Å². The number of aromatic carboxylic acids is 1. The largest absolute Gasteiger partial charge is 0.494 e. The molecule has 1 aromatic carbocycles. The molecule has 0 unspecified atom stereocenters. The number of hydrogen-bond donors (Lipinski definition) is 2. The molecule has 2 N–H and O–H groups in total. The Kier molecular flexibility index (Phi) is 5.55. The lowest BCUT2D eigenvalue weighted by atomic mass is 10.1. The lowest BCUT2D eigenvalue weighted by molar-refractivity contribution is -0.120. The van der Waals surface area contributed by atoms with E-state index >= 15 is 0 Å². The highest BCUT2D eigenvalue weighted by Gasteiger charge is 2.08. The van der Waals surface area contributed by atoms with Gasteiger partial charge in [0, 0.05) is 4.88 Å². The summed E-state index contributed by atoms with van der Waals surface area (Å²) in [6.45, 7) is 2.87. The van der Waals surface area contributed by atoms with E-state index in [2.05, 4.69) is 5.32 Å². The Morgan fingerprint density at radius 2 is 1.91 bits per heavy atom. The van der Waals surface area contributed by atoms with Crippen molar-refractivity contribution >= 4 is 23.2 Å².